The molecule has 8 nitrogen and oxygen atoms in total. The van der Waals surface area contributed by atoms with Crippen molar-refractivity contribution in [2.24, 2.45) is 0 Å². The molecule has 0 radical (unpaired) electrons. The molecular weight excluding hydrogens is 460 g/mol. The molecular formula is C23H26N4O4S2. The molecule has 0 saturated heterocycles. The van der Waals surface area contributed by atoms with Crippen LogP contribution in [0.5, 0.6) is 0 Å². The first kappa shape index (κ1) is 23.3. The zero-order valence-electron chi connectivity index (χ0n) is 19.2. The molecule has 0 fully saturated rings. The van der Waals surface area contributed by atoms with Crippen molar-refractivity contribution >= 4 is 31.6 Å². The van der Waals surface area contributed by atoms with Crippen molar-refractivity contribution in [2.45, 2.75) is 51.1 Å². The van der Waals surface area contributed by atoms with Crippen molar-refractivity contribution in [3.8, 4) is 11.4 Å². The van der Waals surface area contributed by atoms with Crippen LogP contribution in [0.1, 0.15) is 39.1 Å². The molecule has 4 rings (SSSR count). The molecule has 0 saturated carbocycles. The third-order valence-electron chi connectivity index (χ3n) is 5.50. The molecule has 4 aromatic rings. The monoisotopic (exact) mass is 486 g/mol. The second kappa shape index (κ2) is 8.51. The first-order chi connectivity index (χ1) is 15.5. The number of hydrogen-bond acceptors (Lipinski definition) is 7. The van der Waals surface area contributed by atoms with E-state index in [1.54, 1.807) is 10.6 Å². The van der Waals surface area contributed by atoms with Gasteiger partial charge in [-0.05, 0) is 36.1 Å². The predicted octanol–water partition coefficient (Wildman–Crippen LogP) is 4.25. The van der Waals surface area contributed by atoms with E-state index in [9.17, 15) is 13.2 Å². The van der Waals surface area contributed by atoms with E-state index < -0.39 is 10.0 Å². The van der Waals surface area contributed by atoms with Gasteiger partial charge in [0, 0.05) is 19.2 Å². The maximum atomic E-state index is 13.1. The molecule has 2 heterocycles. The van der Waals surface area contributed by atoms with Crippen molar-refractivity contribution < 1.29 is 12.9 Å². The fourth-order valence-electron chi connectivity index (χ4n) is 3.52. The average molecular weight is 487 g/mol. The number of aromatic nitrogens is 3. The van der Waals surface area contributed by atoms with Crippen LogP contribution in [-0.4, -0.2) is 34.5 Å². The Labute approximate surface area is 196 Å². The highest BCUT2D eigenvalue weighted by Gasteiger charge is 2.24. The lowest BCUT2D eigenvalue weighted by Gasteiger charge is -2.18. The summed E-state index contributed by atoms with van der Waals surface area (Å²) in [4.78, 5) is 16.5. The molecule has 0 atom stereocenters. The lowest BCUT2D eigenvalue weighted by Crippen LogP contribution is -2.26. The van der Waals surface area contributed by atoms with Gasteiger partial charge in [-0.25, -0.2) is 8.42 Å². The van der Waals surface area contributed by atoms with Crippen LogP contribution in [0.2, 0.25) is 0 Å². The number of aryl methyl sites for hydroxylation is 1. The van der Waals surface area contributed by atoms with Crippen LogP contribution in [0.25, 0.3) is 21.6 Å². The topological polar surface area (TPSA) is 98.3 Å². The van der Waals surface area contributed by atoms with Crippen LogP contribution in [0.3, 0.4) is 0 Å². The summed E-state index contributed by atoms with van der Waals surface area (Å²) in [5.41, 5.74) is 2.76. The number of nitrogens with zero attached hydrogens (tertiary/aromatic N) is 4. The van der Waals surface area contributed by atoms with Crippen LogP contribution in [-0.2, 0) is 28.5 Å². The molecule has 0 amide bonds. The predicted molar refractivity (Wildman–Crippen MR) is 129 cm³/mol. The molecule has 174 valence electrons. The Balaban J connectivity index is 1.54. The average Bonchev–Trinajstić information content (AvgIpc) is 3.35. The lowest BCUT2D eigenvalue weighted by atomic mass is 9.87. The lowest BCUT2D eigenvalue weighted by molar-refractivity contribution is 0.337. The van der Waals surface area contributed by atoms with Crippen LogP contribution in [0.4, 0.5) is 0 Å². The van der Waals surface area contributed by atoms with Crippen molar-refractivity contribution in [3.05, 3.63) is 63.6 Å². The number of rotatable bonds is 6. The van der Waals surface area contributed by atoms with E-state index in [1.807, 2.05) is 31.2 Å². The Morgan fingerprint density at radius 3 is 2.45 bits per heavy atom. The molecule has 0 aliphatic heterocycles. The van der Waals surface area contributed by atoms with Crippen LogP contribution in [0.15, 0.2) is 56.7 Å². The highest BCUT2D eigenvalue weighted by Crippen LogP contribution is 2.26. The highest BCUT2D eigenvalue weighted by molar-refractivity contribution is 7.89. The number of sulfonamides is 1. The second-order valence-corrected chi connectivity index (χ2v) is 11.9. The highest BCUT2D eigenvalue weighted by atomic mass is 32.2. The Morgan fingerprint density at radius 1 is 1.12 bits per heavy atom. The number of fused-ring (bicyclic) bond motifs is 1. The quantitative estimate of drug-likeness (QED) is 0.404. The molecule has 0 aliphatic carbocycles. The van der Waals surface area contributed by atoms with Gasteiger partial charge in [-0.2, -0.15) is 9.29 Å². The maximum Gasteiger partial charge on any atom is 0.308 e. The molecule has 0 N–H and O–H groups in total. The summed E-state index contributed by atoms with van der Waals surface area (Å²) in [6.45, 7) is 8.76. The summed E-state index contributed by atoms with van der Waals surface area (Å²) in [5.74, 6) is 0.599. The van der Waals surface area contributed by atoms with Gasteiger partial charge in [-0.3, -0.25) is 9.36 Å². The Morgan fingerprint density at radius 2 is 1.82 bits per heavy atom. The van der Waals surface area contributed by atoms with Gasteiger partial charge in [-0.1, -0.05) is 61.5 Å². The van der Waals surface area contributed by atoms with Crippen molar-refractivity contribution in [1.82, 2.24) is 19.0 Å². The molecule has 0 aliphatic rings. The molecule has 0 spiro atoms. The van der Waals surface area contributed by atoms with E-state index in [-0.39, 0.29) is 27.6 Å². The van der Waals surface area contributed by atoms with Crippen molar-refractivity contribution in [2.75, 3.05) is 7.05 Å². The molecule has 0 unspecified atom stereocenters. The van der Waals surface area contributed by atoms with Crippen LogP contribution >= 0.6 is 11.3 Å². The van der Waals surface area contributed by atoms with Gasteiger partial charge in [0.1, 0.15) is 0 Å². The normalized spacial score (nSPS) is 12.7. The first-order valence-electron chi connectivity index (χ1n) is 10.5. The second-order valence-electron chi connectivity index (χ2n) is 8.84. The zero-order valence-corrected chi connectivity index (χ0v) is 20.8. The molecule has 33 heavy (non-hydrogen) atoms. The van der Waals surface area contributed by atoms with Crippen molar-refractivity contribution in [1.29, 1.82) is 0 Å². The summed E-state index contributed by atoms with van der Waals surface area (Å²) in [6.07, 6.45) is 0. The van der Waals surface area contributed by atoms with Gasteiger partial charge in [0.15, 0.2) is 0 Å². The summed E-state index contributed by atoms with van der Waals surface area (Å²) >= 11 is 1.04. The molecule has 10 heteroatoms. The number of hydrogen-bond donors (Lipinski definition) is 0. The standard InChI is InChI=1S/C23H26N4O4S2/c1-6-27-18-12-11-17(13-19(18)32-22(27)28)33(29,30)26(5)14-20-24-21(25-31-20)15-7-9-16(10-8-15)23(2,3)4/h7-13H,6,14H2,1-5H3. The number of benzene rings is 2. The fourth-order valence-corrected chi connectivity index (χ4v) is 5.73. The third-order valence-corrected chi connectivity index (χ3v) is 8.24. The summed E-state index contributed by atoms with van der Waals surface area (Å²) in [7, 11) is -2.36. The third kappa shape index (κ3) is 4.50. The van der Waals surface area contributed by atoms with Gasteiger partial charge in [0.2, 0.25) is 21.7 Å². The van der Waals surface area contributed by atoms with Gasteiger partial charge in [0.05, 0.1) is 21.7 Å². The SMILES string of the molecule is CCn1c(=O)sc2cc(S(=O)(=O)N(C)Cc3nc(-c4ccc(C(C)(C)C)cc4)no3)ccc21. The fraction of sp³-hybridized carbons (Fsp3) is 0.348. The van der Waals surface area contributed by atoms with E-state index in [4.69, 9.17) is 4.52 Å². The Kier molecular flexibility index (Phi) is 6.02. The van der Waals surface area contributed by atoms with E-state index >= 15 is 0 Å². The van der Waals surface area contributed by atoms with Crippen LogP contribution < -0.4 is 4.87 Å². The minimum absolute atomic E-state index is 0.0379. The first-order valence-corrected chi connectivity index (χ1v) is 12.8. The maximum absolute atomic E-state index is 13.1. The van der Waals surface area contributed by atoms with E-state index in [1.165, 1.54) is 24.7 Å². The summed E-state index contributed by atoms with van der Waals surface area (Å²) in [5, 5.41) is 4.01. The molecule has 0 bridgehead atoms. The van der Waals surface area contributed by atoms with E-state index in [0.717, 1.165) is 26.7 Å². The number of thiazole rings is 1. The van der Waals surface area contributed by atoms with Gasteiger partial charge in [-0.15, -0.1) is 0 Å². The summed E-state index contributed by atoms with van der Waals surface area (Å²) < 4.78 is 34.9. The smallest absolute Gasteiger partial charge is 0.308 e. The Hall–Kier alpha value is -2.82. The van der Waals surface area contributed by atoms with Gasteiger partial charge < -0.3 is 4.52 Å². The van der Waals surface area contributed by atoms with Crippen molar-refractivity contribution in [3.63, 3.8) is 0 Å². The molecule has 2 aromatic heterocycles. The zero-order chi connectivity index (χ0) is 24.0. The van der Waals surface area contributed by atoms with E-state index in [2.05, 4.69) is 30.9 Å². The summed E-state index contributed by atoms with van der Waals surface area (Å²) in [6, 6.07) is 12.6. The van der Waals surface area contributed by atoms with E-state index in [0.29, 0.717) is 17.1 Å². The largest absolute Gasteiger partial charge is 0.338 e. The minimum Gasteiger partial charge on any atom is -0.338 e. The molecule has 2 aromatic carbocycles. The minimum atomic E-state index is -3.82. The van der Waals surface area contributed by atoms with Gasteiger partial charge in [0.25, 0.3) is 0 Å². The Bertz CT molecular complexity index is 1460. The van der Waals surface area contributed by atoms with Crippen LogP contribution in [0, 0.1) is 0 Å². The van der Waals surface area contributed by atoms with Gasteiger partial charge >= 0.3 is 4.87 Å².